The Balaban J connectivity index is 2.25. The zero-order valence-electron chi connectivity index (χ0n) is 7.59. The van der Waals surface area contributed by atoms with Crippen molar-refractivity contribution in [1.82, 2.24) is 14.8 Å². The van der Waals surface area contributed by atoms with Gasteiger partial charge < -0.3 is 11.5 Å². The number of rotatable bonds is 2. The molecule has 0 aliphatic heterocycles. The zero-order valence-corrected chi connectivity index (χ0v) is 7.59. The summed E-state index contributed by atoms with van der Waals surface area (Å²) in [5.41, 5.74) is 12.1. The summed E-state index contributed by atoms with van der Waals surface area (Å²) in [6.07, 6.45) is 3.61. The van der Waals surface area contributed by atoms with Crippen LogP contribution in [0.3, 0.4) is 0 Å². The van der Waals surface area contributed by atoms with Crippen LogP contribution in [0.2, 0.25) is 0 Å². The molecule has 14 heavy (non-hydrogen) atoms. The summed E-state index contributed by atoms with van der Waals surface area (Å²) in [7, 11) is 0. The van der Waals surface area contributed by atoms with Gasteiger partial charge in [0.2, 0.25) is 0 Å². The second-order valence-electron chi connectivity index (χ2n) is 3.03. The maximum absolute atomic E-state index is 5.57. The molecule has 4 N–H and O–H groups in total. The number of nitrogens with zero attached hydrogens (tertiary/aromatic N) is 3. The molecule has 0 atom stereocenters. The van der Waals surface area contributed by atoms with E-state index in [4.69, 9.17) is 11.5 Å². The average molecular weight is 189 g/mol. The van der Waals surface area contributed by atoms with E-state index in [0.29, 0.717) is 18.2 Å². The van der Waals surface area contributed by atoms with Crippen molar-refractivity contribution >= 4 is 11.6 Å². The van der Waals surface area contributed by atoms with Gasteiger partial charge in [0.25, 0.3) is 0 Å². The van der Waals surface area contributed by atoms with E-state index < -0.39 is 0 Å². The fourth-order valence-electron chi connectivity index (χ4n) is 1.31. The van der Waals surface area contributed by atoms with Crippen molar-refractivity contribution in [2.45, 2.75) is 6.54 Å². The van der Waals surface area contributed by atoms with Crippen LogP contribution in [0.5, 0.6) is 0 Å². The van der Waals surface area contributed by atoms with Gasteiger partial charge in [0.05, 0.1) is 6.54 Å². The highest BCUT2D eigenvalue weighted by Crippen LogP contribution is 2.09. The second-order valence-corrected chi connectivity index (χ2v) is 3.03. The molecule has 0 aromatic carbocycles. The van der Waals surface area contributed by atoms with E-state index in [1.165, 1.54) is 0 Å². The molecule has 0 amide bonds. The van der Waals surface area contributed by atoms with E-state index in [-0.39, 0.29) is 0 Å². The Morgan fingerprint density at radius 2 is 1.93 bits per heavy atom. The molecule has 2 aromatic heterocycles. The van der Waals surface area contributed by atoms with Crippen LogP contribution in [0.4, 0.5) is 11.6 Å². The second kappa shape index (κ2) is 3.37. The van der Waals surface area contributed by atoms with Crippen LogP contribution in [0.25, 0.3) is 0 Å². The third-order valence-corrected chi connectivity index (χ3v) is 1.83. The monoisotopic (exact) mass is 189 g/mol. The molecule has 0 radical (unpaired) electrons. The lowest BCUT2D eigenvalue weighted by atomic mass is 10.2. The van der Waals surface area contributed by atoms with Crippen LogP contribution in [-0.2, 0) is 6.54 Å². The first-order valence-corrected chi connectivity index (χ1v) is 4.23. The Kier molecular flexibility index (Phi) is 2.06. The van der Waals surface area contributed by atoms with E-state index in [1.54, 1.807) is 23.0 Å². The van der Waals surface area contributed by atoms with Gasteiger partial charge in [0, 0.05) is 12.4 Å². The van der Waals surface area contributed by atoms with Crippen LogP contribution < -0.4 is 11.5 Å². The van der Waals surface area contributed by atoms with Crippen molar-refractivity contribution in [3.63, 3.8) is 0 Å². The molecular weight excluding hydrogens is 178 g/mol. The van der Waals surface area contributed by atoms with Crippen molar-refractivity contribution in [1.29, 1.82) is 0 Å². The minimum Gasteiger partial charge on any atom is -0.384 e. The first-order valence-electron chi connectivity index (χ1n) is 4.23. The first-order chi connectivity index (χ1) is 6.74. The SMILES string of the molecule is Nc1cc(Cn2cccn2)cc(N)n1. The highest BCUT2D eigenvalue weighted by atomic mass is 15.3. The van der Waals surface area contributed by atoms with Crippen LogP contribution in [0, 0.1) is 0 Å². The summed E-state index contributed by atoms with van der Waals surface area (Å²) >= 11 is 0. The zero-order chi connectivity index (χ0) is 9.97. The van der Waals surface area contributed by atoms with Crippen molar-refractivity contribution < 1.29 is 0 Å². The predicted molar refractivity (Wildman–Crippen MR) is 54.4 cm³/mol. The highest BCUT2D eigenvalue weighted by molar-refractivity contribution is 5.43. The topological polar surface area (TPSA) is 82.8 Å². The van der Waals surface area contributed by atoms with Gasteiger partial charge >= 0.3 is 0 Å². The van der Waals surface area contributed by atoms with Crippen molar-refractivity contribution in [2.75, 3.05) is 11.5 Å². The summed E-state index contributed by atoms with van der Waals surface area (Å²) in [4.78, 5) is 3.89. The van der Waals surface area contributed by atoms with Crippen LogP contribution in [-0.4, -0.2) is 14.8 Å². The number of nitrogen functional groups attached to an aromatic ring is 2. The van der Waals surface area contributed by atoms with Crippen molar-refractivity contribution in [3.05, 3.63) is 36.2 Å². The highest BCUT2D eigenvalue weighted by Gasteiger charge is 1.98. The number of anilines is 2. The summed E-state index contributed by atoms with van der Waals surface area (Å²) in [6, 6.07) is 5.45. The van der Waals surface area contributed by atoms with Gasteiger partial charge in [-0.1, -0.05) is 0 Å². The average Bonchev–Trinajstić information content (AvgIpc) is 2.54. The minimum atomic E-state index is 0.437. The predicted octanol–water partition coefficient (Wildman–Crippen LogP) is 0.491. The quantitative estimate of drug-likeness (QED) is 0.720. The fraction of sp³-hybridized carbons (Fsp3) is 0.111. The molecule has 5 nitrogen and oxygen atoms in total. The van der Waals surface area contributed by atoms with Crippen molar-refractivity contribution in [3.8, 4) is 0 Å². The van der Waals surface area contributed by atoms with E-state index in [9.17, 15) is 0 Å². The molecular formula is C9H11N5. The number of hydrogen-bond donors (Lipinski definition) is 2. The molecule has 0 bridgehead atoms. The lowest BCUT2D eigenvalue weighted by molar-refractivity contribution is 0.687. The summed E-state index contributed by atoms with van der Waals surface area (Å²) in [5, 5.41) is 4.09. The lowest BCUT2D eigenvalue weighted by Crippen LogP contribution is -2.03. The minimum absolute atomic E-state index is 0.437. The molecule has 0 aliphatic carbocycles. The third-order valence-electron chi connectivity index (χ3n) is 1.83. The van der Waals surface area contributed by atoms with Crippen LogP contribution in [0.15, 0.2) is 30.6 Å². The standard InChI is InChI=1S/C9H11N5/c10-8-4-7(5-9(11)13-8)6-14-3-1-2-12-14/h1-5H,6H2,(H4,10,11,13). The molecule has 0 fully saturated rings. The van der Waals surface area contributed by atoms with Crippen molar-refractivity contribution in [2.24, 2.45) is 0 Å². The Labute approximate surface area is 81.4 Å². The number of aromatic nitrogens is 3. The Bertz CT molecular complexity index is 401. The lowest BCUT2D eigenvalue weighted by Gasteiger charge is -2.03. The molecule has 0 unspecified atom stereocenters. The van der Waals surface area contributed by atoms with E-state index in [1.807, 2.05) is 12.3 Å². The third kappa shape index (κ3) is 1.82. The molecule has 5 heteroatoms. The Hall–Kier alpha value is -2.04. The van der Waals surface area contributed by atoms with Gasteiger partial charge in [-0.05, 0) is 23.8 Å². The molecule has 2 rings (SSSR count). The molecule has 0 aliphatic rings. The number of nitrogens with two attached hydrogens (primary N) is 2. The number of pyridine rings is 1. The molecule has 0 saturated carbocycles. The van der Waals surface area contributed by atoms with Crippen LogP contribution in [0.1, 0.15) is 5.56 Å². The van der Waals surface area contributed by atoms with Crippen LogP contribution >= 0.6 is 0 Å². The van der Waals surface area contributed by atoms with Gasteiger partial charge in [-0.2, -0.15) is 5.10 Å². The summed E-state index contributed by atoms with van der Waals surface area (Å²) in [6.45, 7) is 0.657. The molecule has 0 spiro atoms. The Morgan fingerprint density at radius 1 is 1.21 bits per heavy atom. The van der Waals surface area contributed by atoms with Gasteiger partial charge in [-0.3, -0.25) is 4.68 Å². The van der Waals surface area contributed by atoms with Gasteiger partial charge in [-0.25, -0.2) is 4.98 Å². The van der Waals surface area contributed by atoms with E-state index in [2.05, 4.69) is 10.1 Å². The van der Waals surface area contributed by atoms with E-state index in [0.717, 1.165) is 5.56 Å². The summed E-state index contributed by atoms with van der Waals surface area (Å²) in [5.74, 6) is 0.874. The largest absolute Gasteiger partial charge is 0.384 e. The fourth-order valence-corrected chi connectivity index (χ4v) is 1.31. The smallest absolute Gasteiger partial charge is 0.126 e. The maximum Gasteiger partial charge on any atom is 0.126 e. The Morgan fingerprint density at radius 3 is 2.50 bits per heavy atom. The first kappa shape index (κ1) is 8.55. The summed E-state index contributed by atoms with van der Waals surface area (Å²) < 4.78 is 1.80. The molecule has 0 saturated heterocycles. The normalized spacial score (nSPS) is 10.3. The molecule has 72 valence electrons. The number of hydrogen-bond acceptors (Lipinski definition) is 4. The van der Waals surface area contributed by atoms with E-state index >= 15 is 0 Å². The van der Waals surface area contributed by atoms with Gasteiger partial charge in [0.15, 0.2) is 0 Å². The van der Waals surface area contributed by atoms with Gasteiger partial charge in [0.1, 0.15) is 11.6 Å². The maximum atomic E-state index is 5.57. The van der Waals surface area contributed by atoms with Gasteiger partial charge in [-0.15, -0.1) is 0 Å². The molecule has 2 aromatic rings. The molecule has 2 heterocycles.